The van der Waals surface area contributed by atoms with Crippen molar-refractivity contribution in [2.75, 3.05) is 31.6 Å². The van der Waals surface area contributed by atoms with Gasteiger partial charge in [-0.2, -0.15) is 0 Å². The summed E-state index contributed by atoms with van der Waals surface area (Å²) >= 11 is 0. The predicted molar refractivity (Wildman–Crippen MR) is 99.9 cm³/mol. The average Bonchev–Trinajstić information content (AvgIpc) is 3.55. The van der Waals surface area contributed by atoms with Crippen molar-refractivity contribution in [1.29, 1.82) is 0 Å². The number of carbonyl (C=O) groups is 2. The number of hydrogen-bond donors (Lipinski definition) is 1. The first-order valence-corrected chi connectivity index (χ1v) is 9.22. The number of anilines is 1. The molecule has 2 fully saturated rings. The van der Waals surface area contributed by atoms with Crippen LogP contribution in [-0.4, -0.2) is 53.0 Å². The Morgan fingerprint density at radius 1 is 1.19 bits per heavy atom. The number of morpholine rings is 1. The molecule has 1 aliphatic carbocycles. The normalized spacial score (nSPS) is 16.9. The summed E-state index contributed by atoms with van der Waals surface area (Å²) in [5.41, 5.74) is 3.38. The third kappa shape index (κ3) is 3.83. The topological polar surface area (TPSA) is 84.4 Å². The van der Waals surface area contributed by atoms with E-state index in [1.165, 1.54) is 6.33 Å². The molecule has 1 aromatic heterocycles. The molecule has 27 heavy (non-hydrogen) atoms. The summed E-state index contributed by atoms with van der Waals surface area (Å²) in [5.74, 6) is 0.0740. The van der Waals surface area contributed by atoms with Gasteiger partial charge in [0.25, 0.3) is 11.8 Å². The van der Waals surface area contributed by atoms with Crippen molar-refractivity contribution >= 4 is 17.5 Å². The second kappa shape index (κ2) is 7.44. The summed E-state index contributed by atoms with van der Waals surface area (Å²) in [5, 5.41) is 2.89. The second-order valence-electron chi connectivity index (χ2n) is 6.98. The lowest BCUT2D eigenvalue weighted by Crippen LogP contribution is -2.41. The number of benzene rings is 1. The van der Waals surface area contributed by atoms with Crippen LogP contribution < -0.4 is 5.32 Å². The molecule has 1 saturated carbocycles. The number of rotatable bonds is 4. The maximum Gasteiger partial charge on any atom is 0.259 e. The lowest BCUT2D eigenvalue weighted by Gasteiger charge is -2.27. The van der Waals surface area contributed by atoms with Crippen LogP contribution in [0.15, 0.2) is 30.7 Å². The number of hydrogen-bond acceptors (Lipinski definition) is 5. The van der Waals surface area contributed by atoms with E-state index < -0.39 is 0 Å². The number of carbonyl (C=O) groups excluding carboxylic acids is 2. The van der Waals surface area contributed by atoms with Gasteiger partial charge in [0.05, 0.1) is 24.5 Å². The van der Waals surface area contributed by atoms with Crippen molar-refractivity contribution in [3.05, 3.63) is 53.1 Å². The Morgan fingerprint density at radius 3 is 2.70 bits per heavy atom. The van der Waals surface area contributed by atoms with Crippen LogP contribution in [0.1, 0.15) is 50.7 Å². The van der Waals surface area contributed by atoms with Gasteiger partial charge >= 0.3 is 0 Å². The van der Waals surface area contributed by atoms with Crippen LogP contribution in [-0.2, 0) is 4.74 Å². The minimum Gasteiger partial charge on any atom is -0.378 e. The van der Waals surface area contributed by atoms with Gasteiger partial charge in [0.2, 0.25) is 0 Å². The van der Waals surface area contributed by atoms with E-state index in [2.05, 4.69) is 15.3 Å². The first kappa shape index (κ1) is 17.6. The molecule has 0 bridgehead atoms. The Balaban J connectivity index is 1.54. The van der Waals surface area contributed by atoms with E-state index in [1.807, 2.05) is 19.1 Å². The maximum atomic E-state index is 12.8. The molecule has 1 N–H and O–H groups in total. The number of amides is 2. The molecule has 1 saturated heterocycles. The molecule has 2 amide bonds. The highest BCUT2D eigenvalue weighted by molar-refractivity contribution is 6.06. The number of aryl methyl sites for hydroxylation is 1. The van der Waals surface area contributed by atoms with Crippen LogP contribution in [0.3, 0.4) is 0 Å². The Labute approximate surface area is 157 Å². The van der Waals surface area contributed by atoms with Gasteiger partial charge in [-0.15, -0.1) is 0 Å². The zero-order valence-corrected chi connectivity index (χ0v) is 15.3. The summed E-state index contributed by atoms with van der Waals surface area (Å²) < 4.78 is 5.31. The van der Waals surface area contributed by atoms with Gasteiger partial charge in [-0.3, -0.25) is 9.59 Å². The number of ether oxygens (including phenoxy) is 1. The highest BCUT2D eigenvalue weighted by Gasteiger charge is 2.29. The maximum absolute atomic E-state index is 12.8. The number of nitrogens with one attached hydrogen (secondary N) is 1. The molecule has 2 aliphatic rings. The summed E-state index contributed by atoms with van der Waals surface area (Å²) in [4.78, 5) is 35.6. The fraction of sp³-hybridized carbons (Fsp3) is 0.400. The molecule has 1 aromatic carbocycles. The van der Waals surface area contributed by atoms with Crippen LogP contribution in [0.4, 0.5) is 5.69 Å². The van der Waals surface area contributed by atoms with Crippen LogP contribution in [0.2, 0.25) is 0 Å². The molecule has 1 aliphatic heterocycles. The first-order chi connectivity index (χ1) is 13.1. The van der Waals surface area contributed by atoms with Gasteiger partial charge in [-0.1, -0.05) is 6.07 Å². The van der Waals surface area contributed by atoms with Crippen molar-refractivity contribution in [2.24, 2.45) is 0 Å². The molecule has 0 unspecified atom stereocenters. The SMILES string of the molecule is Cc1ccc(NC(=O)c2cncnc2C2CC2)cc1C(=O)N1CCOCC1. The molecule has 0 spiro atoms. The molecule has 7 nitrogen and oxygen atoms in total. The molecule has 2 heterocycles. The monoisotopic (exact) mass is 366 g/mol. The Bertz CT molecular complexity index is 873. The lowest BCUT2D eigenvalue weighted by molar-refractivity contribution is 0.0302. The van der Waals surface area contributed by atoms with Crippen LogP contribution in [0.5, 0.6) is 0 Å². The Kier molecular flexibility index (Phi) is 4.85. The zero-order valence-electron chi connectivity index (χ0n) is 15.3. The standard InChI is InChI=1S/C20H22N4O3/c1-13-2-5-15(10-16(13)20(26)24-6-8-27-9-7-24)23-19(25)17-11-21-12-22-18(17)14-3-4-14/h2,5,10-12,14H,3-4,6-9H2,1H3,(H,23,25). The highest BCUT2D eigenvalue weighted by Crippen LogP contribution is 2.40. The quantitative estimate of drug-likeness (QED) is 0.898. The van der Waals surface area contributed by atoms with Gasteiger partial charge in [0, 0.05) is 36.5 Å². The van der Waals surface area contributed by atoms with Crippen LogP contribution in [0, 0.1) is 6.92 Å². The Morgan fingerprint density at radius 2 is 1.96 bits per heavy atom. The minimum absolute atomic E-state index is 0.0337. The van der Waals surface area contributed by atoms with Crippen molar-refractivity contribution < 1.29 is 14.3 Å². The molecule has 4 rings (SSSR count). The molecule has 0 atom stereocenters. The van der Waals surface area contributed by atoms with Crippen molar-refractivity contribution in [2.45, 2.75) is 25.7 Å². The molecular weight excluding hydrogens is 344 g/mol. The van der Waals surface area contributed by atoms with Gasteiger partial charge in [-0.05, 0) is 37.5 Å². The zero-order chi connectivity index (χ0) is 18.8. The largest absolute Gasteiger partial charge is 0.378 e. The van der Waals surface area contributed by atoms with E-state index in [-0.39, 0.29) is 11.8 Å². The van der Waals surface area contributed by atoms with Crippen molar-refractivity contribution in [3.63, 3.8) is 0 Å². The molecular formula is C20H22N4O3. The van der Waals surface area contributed by atoms with Crippen LogP contribution >= 0.6 is 0 Å². The van der Waals surface area contributed by atoms with Gasteiger partial charge in [0.15, 0.2) is 0 Å². The highest BCUT2D eigenvalue weighted by atomic mass is 16.5. The lowest BCUT2D eigenvalue weighted by atomic mass is 10.1. The fourth-order valence-corrected chi connectivity index (χ4v) is 3.26. The van der Waals surface area contributed by atoms with Gasteiger partial charge in [-0.25, -0.2) is 9.97 Å². The first-order valence-electron chi connectivity index (χ1n) is 9.22. The number of nitrogens with zero attached hydrogens (tertiary/aromatic N) is 3. The molecule has 7 heteroatoms. The summed E-state index contributed by atoms with van der Waals surface area (Å²) in [6.07, 6.45) is 5.15. The third-order valence-electron chi connectivity index (χ3n) is 4.98. The van der Waals surface area contributed by atoms with Crippen molar-refractivity contribution in [1.82, 2.24) is 14.9 Å². The molecule has 0 radical (unpaired) electrons. The molecule has 2 aromatic rings. The fourth-order valence-electron chi connectivity index (χ4n) is 3.26. The third-order valence-corrected chi connectivity index (χ3v) is 4.98. The minimum atomic E-state index is -0.244. The second-order valence-corrected chi connectivity index (χ2v) is 6.98. The van der Waals surface area contributed by atoms with E-state index in [0.29, 0.717) is 49.0 Å². The van der Waals surface area contributed by atoms with Gasteiger partial charge in [0.1, 0.15) is 6.33 Å². The van der Waals surface area contributed by atoms with E-state index in [9.17, 15) is 9.59 Å². The van der Waals surface area contributed by atoms with E-state index in [4.69, 9.17) is 4.74 Å². The summed E-state index contributed by atoms with van der Waals surface area (Å²) in [6, 6.07) is 5.40. The summed E-state index contributed by atoms with van der Waals surface area (Å²) in [7, 11) is 0. The Hall–Kier alpha value is -2.80. The smallest absolute Gasteiger partial charge is 0.259 e. The van der Waals surface area contributed by atoms with Crippen LogP contribution in [0.25, 0.3) is 0 Å². The molecule has 140 valence electrons. The van der Waals surface area contributed by atoms with E-state index in [0.717, 1.165) is 24.1 Å². The van der Waals surface area contributed by atoms with E-state index >= 15 is 0 Å². The van der Waals surface area contributed by atoms with Gasteiger partial charge < -0.3 is 15.0 Å². The number of aromatic nitrogens is 2. The average molecular weight is 366 g/mol. The van der Waals surface area contributed by atoms with E-state index in [1.54, 1.807) is 17.2 Å². The predicted octanol–water partition coefficient (Wildman–Crippen LogP) is 2.39. The summed E-state index contributed by atoms with van der Waals surface area (Å²) in [6.45, 7) is 4.18. The van der Waals surface area contributed by atoms with Crippen molar-refractivity contribution in [3.8, 4) is 0 Å².